The Morgan fingerprint density at radius 3 is 2.11 bits per heavy atom. The predicted octanol–water partition coefficient (Wildman–Crippen LogP) is 5.26. The molecule has 4 heterocycles. The van der Waals surface area contributed by atoms with Crippen LogP contribution in [-0.2, 0) is 6.18 Å². The smallest absolute Gasteiger partial charge is 0.356 e. The summed E-state index contributed by atoms with van der Waals surface area (Å²) in [6.07, 6.45) is 0.349. The number of alkyl halides is 3. The third kappa shape index (κ3) is 5.63. The maximum absolute atomic E-state index is 13.1. The van der Waals surface area contributed by atoms with Gasteiger partial charge in [0, 0.05) is 57.2 Å². The van der Waals surface area contributed by atoms with Crippen molar-refractivity contribution in [1.29, 1.82) is 0 Å². The van der Waals surface area contributed by atoms with E-state index in [0.29, 0.717) is 37.9 Å². The number of aryl methyl sites for hydroxylation is 1. The van der Waals surface area contributed by atoms with Crippen molar-refractivity contribution in [1.82, 2.24) is 15.0 Å². The van der Waals surface area contributed by atoms with E-state index in [-0.39, 0.29) is 0 Å². The minimum Gasteiger partial charge on any atom is -0.356 e. The van der Waals surface area contributed by atoms with Crippen LogP contribution in [0.25, 0.3) is 0 Å². The Kier molecular flexibility index (Phi) is 6.84. The Balaban J connectivity index is 1.35. The highest BCUT2D eigenvalue weighted by atomic mass is 19.4. The van der Waals surface area contributed by atoms with Crippen LogP contribution in [0.4, 0.5) is 42.3 Å². The van der Waals surface area contributed by atoms with Gasteiger partial charge in [-0.3, -0.25) is 0 Å². The largest absolute Gasteiger partial charge is 0.416 e. The molecule has 0 spiro atoms. The zero-order valence-corrected chi connectivity index (χ0v) is 20.3. The lowest BCUT2D eigenvalue weighted by Gasteiger charge is -2.36. The molecule has 2 aromatic heterocycles. The van der Waals surface area contributed by atoms with Gasteiger partial charge in [-0.15, -0.1) is 0 Å². The van der Waals surface area contributed by atoms with Gasteiger partial charge in [-0.1, -0.05) is 17.7 Å². The van der Waals surface area contributed by atoms with E-state index >= 15 is 0 Å². The van der Waals surface area contributed by atoms with E-state index in [1.165, 1.54) is 18.2 Å². The minimum absolute atomic E-state index is 0.342. The molecule has 3 aromatic rings. The molecule has 0 saturated carbocycles. The summed E-state index contributed by atoms with van der Waals surface area (Å²) in [5.74, 6) is 2.60. The molecule has 0 atom stereocenters. The molecule has 190 valence electrons. The fourth-order valence-corrected chi connectivity index (χ4v) is 4.60. The number of benzene rings is 1. The van der Waals surface area contributed by atoms with Crippen molar-refractivity contribution < 1.29 is 13.2 Å². The van der Waals surface area contributed by atoms with Gasteiger partial charge in [0.05, 0.1) is 5.56 Å². The van der Waals surface area contributed by atoms with Crippen LogP contribution in [0, 0.1) is 6.92 Å². The molecule has 7 nitrogen and oxygen atoms in total. The quantitative estimate of drug-likeness (QED) is 0.516. The van der Waals surface area contributed by atoms with E-state index in [1.807, 2.05) is 23.1 Å². The van der Waals surface area contributed by atoms with E-state index in [9.17, 15) is 13.2 Å². The number of halogens is 3. The van der Waals surface area contributed by atoms with Crippen molar-refractivity contribution in [2.24, 2.45) is 0 Å². The van der Waals surface area contributed by atoms with Gasteiger partial charge in [-0.05, 0) is 50.5 Å². The molecule has 0 amide bonds. The van der Waals surface area contributed by atoms with Gasteiger partial charge in [0.1, 0.15) is 17.5 Å². The highest BCUT2D eigenvalue weighted by molar-refractivity contribution is 5.62. The van der Waals surface area contributed by atoms with Gasteiger partial charge in [-0.2, -0.15) is 23.1 Å². The van der Waals surface area contributed by atoms with Gasteiger partial charge in [0.15, 0.2) is 0 Å². The minimum atomic E-state index is -4.39. The zero-order chi connectivity index (χ0) is 25.1. The van der Waals surface area contributed by atoms with Crippen LogP contribution in [0.2, 0.25) is 0 Å². The van der Waals surface area contributed by atoms with Gasteiger partial charge >= 0.3 is 6.18 Å². The number of piperidine rings is 1. The summed E-state index contributed by atoms with van der Waals surface area (Å²) < 4.78 is 39.4. The summed E-state index contributed by atoms with van der Waals surface area (Å²) in [5, 5.41) is 3.41. The highest BCUT2D eigenvalue weighted by Gasteiger charge is 2.31. The van der Waals surface area contributed by atoms with Crippen LogP contribution in [0.15, 0.2) is 48.7 Å². The van der Waals surface area contributed by atoms with Crippen molar-refractivity contribution in [3.63, 3.8) is 0 Å². The van der Waals surface area contributed by atoms with Crippen LogP contribution in [0.3, 0.4) is 0 Å². The molecule has 10 heteroatoms. The number of pyridine rings is 1. The molecule has 0 radical (unpaired) electrons. The third-order valence-electron chi connectivity index (χ3n) is 6.66. The van der Waals surface area contributed by atoms with Crippen molar-refractivity contribution in [2.45, 2.75) is 32.4 Å². The number of piperazine rings is 1. The van der Waals surface area contributed by atoms with Crippen molar-refractivity contribution >= 4 is 29.1 Å². The molecular weight excluding hydrogens is 467 g/mol. The summed E-state index contributed by atoms with van der Waals surface area (Å²) >= 11 is 0. The number of nitrogens with zero attached hydrogens (tertiary/aromatic N) is 6. The Morgan fingerprint density at radius 2 is 1.42 bits per heavy atom. The van der Waals surface area contributed by atoms with Crippen LogP contribution >= 0.6 is 0 Å². The normalized spacial score (nSPS) is 16.8. The standard InChI is InChI=1S/C26H30F3N7/c1-19-5-7-21(8-6-19)31-22-18-24(34-11-3-2-4-12-34)33-25(32-22)36-15-13-35(14-16-36)23-17-20(9-10-30-23)26(27,28)29/h5-10,17-18H,2-4,11-16H2,1H3,(H,31,32,33). The molecule has 0 aliphatic carbocycles. The molecule has 0 unspecified atom stereocenters. The van der Waals surface area contributed by atoms with E-state index in [1.54, 1.807) is 0 Å². The molecule has 2 aliphatic rings. The lowest BCUT2D eigenvalue weighted by Crippen LogP contribution is -2.47. The first kappa shape index (κ1) is 24.1. The first-order valence-electron chi connectivity index (χ1n) is 12.4. The molecule has 1 N–H and O–H groups in total. The molecular formula is C26H30F3N7. The van der Waals surface area contributed by atoms with E-state index in [0.717, 1.165) is 55.4 Å². The summed E-state index contributed by atoms with van der Waals surface area (Å²) in [4.78, 5) is 20.2. The van der Waals surface area contributed by atoms with Crippen LogP contribution in [-0.4, -0.2) is 54.2 Å². The first-order chi connectivity index (χ1) is 17.3. The van der Waals surface area contributed by atoms with E-state index in [4.69, 9.17) is 9.97 Å². The highest BCUT2D eigenvalue weighted by Crippen LogP contribution is 2.31. The van der Waals surface area contributed by atoms with E-state index < -0.39 is 11.7 Å². The van der Waals surface area contributed by atoms with Crippen molar-refractivity contribution in [3.8, 4) is 0 Å². The summed E-state index contributed by atoms with van der Waals surface area (Å²) in [7, 11) is 0. The van der Waals surface area contributed by atoms with Crippen LogP contribution in [0.5, 0.6) is 0 Å². The monoisotopic (exact) mass is 497 g/mol. The number of anilines is 5. The predicted molar refractivity (Wildman–Crippen MR) is 136 cm³/mol. The number of hydrogen-bond acceptors (Lipinski definition) is 7. The average molecular weight is 498 g/mol. The maximum Gasteiger partial charge on any atom is 0.416 e. The zero-order valence-electron chi connectivity index (χ0n) is 20.3. The number of nitrogens with one attached hydrogen (secondary N) is 1. The van der Waals surface area contributed by atoms with Gasteiger partial charge < -0.3 is 20.0 Å². The SMILES string of the molecule is Cc1ccc(Nc2cc(N3CCCCC3)nc(N3CCN(c4cc(C(F)(F)F)ccn4)CC3)n2)cc1. The second-order valence-corrected chi connectivity index (χ2v) is 9.32. The maximum atomic E-state index is 13.1. The van der Waals surface area contributed by atoms with Gasteiger partial charge in [0.25, 0.3) is 0 Å². The number of hydrogen-bond donors (Lipinski definition) is 1. The van der Waals surface area contributed by atoms with Crippen molar-refractivity contribution in [3.05, 3.63) is 59.8 Å². The second kappa shape index (κ2) is 10.2. The topological polar surface area (TPSA) is 60.4 Å². The molecule has 5 rings (SSSR count). The Hall–Kier alpha value is -3.56. The Labute approximate surface area is 209 Å². The van der Waals surface area contributed by atoms with E-state index in [2.05, 4.69) is 39.2 Å². The fraction of sp³-hybridized carbons (Fsp3) is 0.423. The number of aromatic nitrogens is 3. The molecule has 36 heavy (non-hydrogen) atoms. The average Bonchev–Trinajstić information content (AvgIpc) is 2.90. The summed E-state index contributed by atoms with van der Waals surface area (Å²) in [6, 6.07) is 12.3. The first-order valence-corrected chi connectivity index (χ1v) is 12.4. The lowest BCUT2D eigenvalue weighted by atomic mass is 10.1. The summed E-state index contributed by atoms with van der Waals surface area (Å²) in [5.41, 5.74) is 1.46. The molecule has 2 aliphatic heterocycles. The molecule has 1 aromatic carbocycles. The van der Waals surface area contributed by atoms with Crippen molar-refractivity contribution in [2.75, 3.05) is 59.3 Å². The second-order valence-electron chi connectivity index (χ2n) is 9.32. The molecule has 0 bridgehead atoms. The Morgan fingerprint density at radius 1 is 0.750 bits per heavy atom. The fourth-order valence-electron chi connectivity index (χ4n) is 4.60. The van der Waals surface area contributed by atoms with Gasteiger partial charge in [-0.25, -0.2) is 4.98 Å². The number of rotatable bonds is 5. The van der Waals surface area contributed by atoms with Gasteiger partial charge in [0.2, 0.25) is 5.95 Å². The van der Waals surface area contributed by atoms with Crippen LogP contribution in [0.1, 0.15) is 30.4 Å². The third-order valence-corrected chi connectivity index (χ3v) is 6.66. The molecule has 2 saturated heterocycles. The Bertz CT molecular complexity index is 1170. The molecule has 2 fully saturated rings. The van der Waals surface area contributed by atoms with Crippen LogP contribution < -0.4 is 20.0 Å². The summed E-state index contributed by atoms with van der Waals surface area (Å²) in [6.45, 7) is 6.23. The lowest BCUT2D eigenvalue weighted by molar-refractivity contribution is -0.137.